The highest BCUT2D eigenvalue weighted by molar-refractivity contribution is 6.35. The number of anilines is 1. The quantitative estimate of drug-likeness (QED) is 0.851. The maximum absolute atomic E-state index is 14.9. The normalized spacial score (nSPS) is 22.4. The van der Waals surface area contributed by atoms with Gasteiger partial charge in [-0.25, -0.2) is 4.39 Å². The molecule has 1 aromatic carbocycles. The molecule has 2 aromatic rings. The van der Waals surface area contributed by atoms with E-state index in [-0.39, 0.29) is 5.82 Å². The molecule has 0 N–H and O–H groups in total. The monoisotopic (exact) mass is 349 g/mol. The van der Waals surface area contributed by atoms with E-state index in [0.717, 1.165) is 52.4 Å². The van der Waals surface area contributed by atoms with Crippen molar-refractivity contribution in [1.82, 2.24) is 9.88 Å². The van der Waals surface area contributed by atoms with Crippen LogP contribution in [0.25, 0.3) is 10.9 Å². The Labute approximate surface area is 146 Å². The number of nitrogens with zero attached hydrogens (tertiary/aromatic N) is 3. The van der Waals surface area contributed by atoms with E-state index in [4.69, 9.17) is 16.3 Å². The van der Waals surface area contributed by atoms with Gasteiger partial charge in [-0.1, -0.05) is 11.6 Å². The van der Waals surface area contributed by atoms with Crippen LogP contribution < -0.4 is 4.90 Å². The first kappa shape index (κ1) is 16.1. The highest BCUT2D eigenvalue weighted by Crippen LogP contribution is 2.30. The minimum Gasteiger partial charge on any atom is -0.381 e. The van der Waals surface area contributed by atoms with Gasteiger partial charge < -0.3 is 9.64 Å². The molecule has 6 heteroatoms. The first-order valence-electron chi connectivity index (χ1n) is 8.50. The van der Waals surface area contributed by atoms with Crippen molar-refractivity contribution in [3.8, 4) is 0 Å². The summed E-state index contributed by atoms with van der Waals surface area (Å²) < 4.78 is 20.3. The topological polar surface area (TPSA) is 28.6 Å². The fraction of sp³-hybridized carbons (Fsp3) is 0.500. The highest BCUT2D eigenvalue weighted by Gasteiger charge is 2.24. The SMILES string of the molecule is Fc1c(N2CCN(CC3CCOC3)CC2)ccc2c(Cl)ccnc12. The van der Waals surface area contributed by atoms with Crippen LogP contribution in [-0.4, -0.2) is 55.8 Å². The van der Waals surface area contributed by atoms with E-state index >= 15 is 0 Å². The molecule has 2 aliphatic heterocycles. The zero-order valence-corrected chi connectivity index (χ0v) is 14.3. The highest BCUT2D eigenvalue weighted by atomic mass is 35.5. The van der Waals surface area contributed by atoms with Gasteiger partial charge in [0.25, 0.3) is 0 Å². The maximum atomic E-state index is 14.9. The fourth-order valence-corrected chi connectivity index (χ4v) is 3.86. The van der Waals surface area contributed by atoms with Gasteiger partial charge in [0.15, 0.2) is 5.82 Å². The number of benzene rings is 1. The molecule has 24 heavy (non-hydrogen) atoms. The predicted molar refractivity (Wildman–Crippen MR) is 94.3 cm³/mol. The fourth-order valence-electron chi connectivity index (χ4n) is 3.65. The molecule has 0 amide bonds. The Kier molecular flexibility index (Phi) is 4.57. The van der Waals surface area contributed by atoms with Crippen LogP contribution in [0.5, 0.6) is 0 Å². The predicted octanol–water partition coefficient (Wildman–Crippen LogP) is 3.19. The molecule has 1 aromatic heterocycles. The zero-order chi connectivity index (χ0) is 16.5. The van der Waals surface area contributed by atoms with E-state index < -0.39 is 0 Å². The molecule has 1 atom stereocenters. The summed E-state index contributed by atoms with van der Waals surface area (Å²) in [5.74, 6) is 0.382. The summed E-state index contributed by atoms with van der Waals surface area (Å²) in [6.45, 7) is 6.43. The van der Waals surface area contributed by atoms with Crippen LogP contribution >= 0.6 is 11.6 Å². The Morgan fingerprint density at radius 2 is 2.04 bits per heavy atom. The van der Waals surface area contributed by atoms with Gasteiger partial charge in [0.2, 0.25) is 0 Å². The summed E-state index contributed by atoms with van der Waals surface area (Å²) in [7, 11) is 0. The van der Waals surface area contributed by atoms with Crippen molar-refractivity contribution in [2.45, 2.75) is 6.42 Å². The van der Waals surface area contributed by atoms with E-state index in [1.54, 1.807) is 12.3 Å². The molecule has 128 valence electrons. The Hall–Kier alpha value is -1.43. The lowest BCUT2D eigenvalue weighted by Crippen LogP contribution is -2.48. The molecule has 2 aliphatic rings. The summed E-state index contributed by atoms with van der Waals surface area (Å²) in [6.07, 6.45) is 2.71. The number of hydrogen-bond acceptors (Lipinski definition) is 4. The van der Waals surface area contributed by atoms with Crippen molar-refractivity contribution in [2.24, 2.45) is 5.92 Å². The summed E-state index contributed by atoms with van der Waals surface area (Å²) in [6, 6.07) is 5.38. The van der Waals surface area contributed by atoms with Crippen molar-refractivity contribution < 1.29 is 9.13 Å². The second kappa shape index (κ2) is 6.82. The number of hydrogen-bond donors (Lipinski definition) is 0. The molecule has 3 heterocycles. The van der Waals surface area contributed by atoms with E-state index in [1.807, 2.05) is 12.1 Å². The second-order valence-corrected chi connectivity index (χ2v) is 7.01. The number of fused-ring (bicyclic) bond motifs is 1. The molecule has 0 bridgehead atoms. The summed E-state index contributed by atoms with van der Waals surface area (Å²) >= 11 is 6.13. The van der Waals surface area contributed by atoms with Crippen molar-refractivity contribution in [3.05, 3.63) is 35.2 Å². The van der Waals surface area contributed by atoms with Gasteiger partial charge in [-0.05, 0) is 30.5 Å². The van der Waals surface area contributed by atoms with Gasteiger partial charge >= 0.3 is 0 Å². The lowest BCUT2D eigenvalue weighted by molar-refractivity contribution is 0.164. The van der Waals surface area contributed by atoms with Gasteiger partial charge in [0.1, 0.15) is 5.52 Å². The van der Waals surface area contributed by atoms with Crippen molar-refractivity contribution in [2.75, 3.05) is 50.8 Å². The summed E-state index contributed by atoms with van der Waals surface area (Å²) in [4.78, 5) is 8.74. The molecule has 0 saturated carbocycles. The van der Waals surface area contributed by atoms with Gasteiger partial charge in [-0.3, -0.25) is 9.88 Å². The third-order valence-electron chi connectivity index (χ3n) is 5.03. The van der Waals surface area contributed by atoms with Crippen molar-refractivity contribution >= 4 is 28.2 Å². The lowest BCUT2D eigenvalue weighted by Gasteiger charge is -2.37. The standard InChI is InChI=1S/C18H21ClFN3O/c19-15-3-5-21-18-14(15)1-2-16(17(18)20)23-8-6-22(7-9-23)11-13-4-10-24-12-13/h1-3,5,13H,4,6-12H2. The number of pyridine rings is 1. The average Bonchev–Trinajstić information content (AvgIpc) is 3.10. The van der Waals surface area contributed by atoms with Crippen LogP contribution in [0.1, 0.15) is 6.42 Å². The van der Waals surface area contributed by atoms with Crippen LogP contribution in [0.3, 0.4) is 0 Å². The summed E-state index contributed by atoms with van der Waals surface area (Å²) in [5, 5.41) is 1.20. The average molecular weight is 350 g/mol. The van der Waals surface area contributed by atoms with E-state index in [1.165, 1.54) is 0 Å². The third kappa shape index (κ3) is 3.08. The Morgan fingerprint density at radius 1 is 1.21 bits per heavy atom. The maximum Gasteiger partial charge on any atom is 0.172 e. The van der Waals surface area contributed by atoms with Gasteiger partial charge in [0, 0.05) is 50.9 Å². The molecular formula is C18H21ClFN3O. The first-order chi connectivity index (χ1) is 11.7. The molecule has 0 aliphatic carbocycles. The second-order valence-electron chi connectivity index (χ2n) is 6.60. The van der Waals surface area contributed by atoms with E-state index in [0.29, 0.717) is 27.5 Å². The third-order valence-corrected chi connectivity index (χ3v) is 5.36. The molecule has 2 saturated heterocycles. The number of ether oxygens (including phenoxy) is 1. The van der Waals surface area contributed by atoms with E-state index in [9.17, 15) is 4.39 Å². The van der Waals surface area contributed by atoms with Gasteiger partial charge in [-0.15, -0.1) is 0 Å². The van der Waals surface area contributed by atoms with Crippen LogP contribution in [0.4, 0.5) is 10.1 Å². The van der Waals surface area contributed by atoms with Crippen LogP contribution in [0, 0.1) is 11.7 Å². The van der Waals surface area contributed by atoms with E-state index in [2.05, 4.69) is 14.8 Å². The molecular weight excluding hydrogens is 329 g/mol. The smallest absolute Gasteiger partial charge is 0.172 e. The minimum atomic E-state index is -0.271. The van der Waals surface area contributed by atoms with Gasteiger partial charge in [-0.2, -0.15) is 0 Å². The largest absolute Gasteiger partial charge is 0.381 e. The Bertz CT molecular complexity index is 728. The van der Waals surface area contributed by atoms with Crippen LogP contribution in [-0.2, 0) is 4.74 Å². The number of halogens is 2. The molecule has 4 rings (SSSR count). The number of piperazine rings is 1. The molecule has 1 unspecified atom stereocenters. The van der Waals surface area contributed by atoms with Crippen LogP contribution in [0.15, 0.2) is 24.4 Å². The van der Waals surface area contributed by atoms with Crippen molar-refractivity contribution in [3.63, 3.8) is 0 Å². The van der Waals surface area contributed by atoms with Crippen molar-refractivity contribution in [1.29, 1.82) is 0 Å². The number of rotatable bonds is 3. The zero-order valence-electron chi connectivity index (χ0n) is 13.5. The minimum absolute atomic E-state index is 0.271. The molecule has 0 spiro atoms. The molecule has 2 fully saturated rings. The Morgan fingerprint density at radius 3 is 2.79 bits per heavy atom. The Balaban J connectivity index is 1.47. The first-order valence-corrected chi connectivity index (χ1v) is 8.88. The van der Waals surface area contributed by atoms with Crippen LogP contribution in [0.2, 0.25) is 5.02 Å². The number of aromatic nitrogens is 1. The van der Waals surface area contributed by atoms with Gasteiger partial charge in [0.05, 0.1) is 17.3 Å². The summed E-state index contributed by atoms with van der Waals surface area (Å²) in [5.41, 5.74) is 0.978. The lowest BCUT2D eigenvalue weighted by atomic mass is 10.1. The molecule has 4 nitrogen and oxygen atoms in total. The molecule has 0 radical (unpaired) electrons.